The van der Waals surface area contributed by atoms with Gasteiger partial charge in [0.1, 0.15) is 6.04 Å². The molecule has 2 unspecified atom stereocenters. The van der Waals surface area contributed by atoms with Crippen LogP contribution in [0.2, 0.25) is 0 Å². The summed E-state index contributed by atoms with van der Waals surface area (Å²) in [5.74, 6) is 0.118. The lowest BCUT2D eigenvalue weighted by atomic mass is 10.00. The molecule has 9 nitrogen and oxygen atoms in total. The molecule has 1 fully saturated rings. The average molecular weight is 434 g/mol. The first-order valence-corrected chi connectivity index (χ1v) is 10.7. The molecule has 2 aromatic carbocycles. The molecule has 4 rings (SSSR count). The highest BCUT2D eigenvalue weighted by Gasteiger charge is 2.30. The predicted molar refractivity (Wildman–Crippen MR) is 120 cm³/mol. The van der Waals surface area contributed by atoms with E-state index in [0.29, 0.717) is 18.2 Å². The lowest BCUT2D eigenvalue weighted by Crippen LogP contribution is -2.50. The third-order valence-electron chi connectivity index (χ3n) is 5.20. The van der Waals surface area contributed by atoms with Crippen molar-refractivity contribution in [1.82, 2.24) is 36.5 Å². The van der Waals surface area contributed by atoms with Crippen molar-refractivity contribution in [2.24, 2.45) is 5.92 Å². The number of hydrazine groups is 2. The highest BCUT2D eigenvalue weighted by Crippen LogP contribution is 2.21. The number of amides is 2. The Morgan fingerprint density at radius 1 is 1.03 bits per heavy atom. The van der Waals surface area contributed by atoms with Crippen molar-refractivity contribution in [3.63, 3.8) is 0 Å². The standard InChI is InChI=1S/C23H27N7O2/c1-15(2)13-17-14-19(26-25-17)22(31)27-28-23(32)20-24-21(16-9-5-3-6-10-16)30(29-20)18-11-7-4-8-12-18/h3-12,15,17,19,25-26H,13-14H2,1-2H3,(H,27,31)(H,28,32). The Labute approximate surface area is 186 Å². The number of aromatic nitrogens is 3. The fraction of sp³-hybridized carbons (Fsp3) is 0.304. The molecule has 1 aliphatic heterocycles. The van der Waals surface area contributed by atoms with Gasteiger partial charge in [-0.25, -0.2) is 15.1 Å². The Morgan fingerprint density at radius 2 is 1.72 bits per heavy atom. The fourth-order valence-corrected chi connectivity index (χ4v) is 3.71. The van der Waals surface area contributed by atoms with Crippen LogP contribution < -0.4 is 21.7 Å². The SMILES string of the molecule is CC(C)CC1CC(C(=O)NNC(=O)c2nc(-c3ccccc3)n(-c3ccccc3)n2)NN1. The van der Waals surface area contributed by atoms with E-state index in [1.54, 1.807) is 4.68 Å². The Morgan fingerprint density at radius 3 is 2.41 bits per heavy atom. The van der Waals surface area contributed by atoms with Crippen LogP contribution >= 0.6 is 0 Å². The number of carbonyl (C=O) groups excluding carboxylic acids is 2. The molecule has 0 spiro atoms. The molecular weight excluding hydrogens is 406 g/mol. The van der Waals surface area contributed by atoms with Crippen LogP contribution in [0.25, 0.3) is 17.1 Å². The second-order valence-electron chi connectivity index (χ2n) is 8.22. The van der Waals surface area contributed by atoms with E-state index in [1.165, 1.54) is 0 Å². The van der Waals surface area contributed by atoms with Gasteiger partial charge < -0.3 is 0 Å². The summed E-state index contributed by atoms with van der Waals surface area (Å²) in [6.07, 6.45) is 1.62. The molecule has 9 heteroatoms. The van der Waals surface area contributed by atoms with Gasteiger partial charge >= 0.3 is 5.91 Å². The highest BCUT2D eigenvalue weighted by atomic mass is 16.2. The largest absolute Gasteiger partial charge is 0.309 e. The molecule has 2 heterocycles. The van der Waals surface area contributed by atoms with E-state index < -0.39 is 11.9 Å². The zero-order valence-corrected chi connectivity index (χ0v) is 18.1. The third-order valence-corrected chi connectivity index (χ3v) is 5.20. The van der Waals surface area contributed by atoms with Crippen LogP contribution in [0.5, 0.6) is 0 Å². The second-order valence-corrected chi connectivity index (χ2v) is 8.22. The van der Waals surface area contributed by atoms with Gasteiger partial charge in [0.05, 0.1) is 5.69 Å². The quantitative estimate of drug-likeness (QED) is 0.442. The maximum atomic E-state index is 12.7. The molecular formula is C23H27N7O2. The van der Waals surface area contributed by atoms with Crippen LogP contribution in [0.1, 0.15) is 37.3 Å². The molecule has 1 aromatic heterocycles. The van der Waals surface area contributed by atoms with E-state index in [-0.39, 0.29) is 17.8 Å². The Hall–Kier alpha value is -3.56. The van der Waals surface area contributed by atoms with Crippen molar-refractivity contribution in [3.8, 4) is 17.1 Å². The molecule has 2 amide bonds. The third kappa shape index (κ3) is 5.01. The first kappa shape index (κ1) is 21.7. The van der Waals surface area contributed by atoms with Crippen molar-refractivity contribution >= 4 is 11.8 Å². The molecule has 2 atom stereocenters. The molecule has 0 radical (unpaired) electrons. The van der Waals surface area contributed by atoms with Gasteiger partial charge in [0.2, 0.25) is 5.82 Å². The molecule has 0 saturated carbocycles. The van der Waals surface area contributed by atoms with Crippen LogP contribution in [0, 0.1) is 5.92 Å². The Balaban J connectivity index is 1.46. The zero-order valence-electron chi connectivity index (χ0n) is 18.1. The van der Waals surface area contributed by atoms with Crippen LogP contribution in [0.15, 0.2) is 60.7 Å². The number of hydrogen-bond acceptors (Lipinski definition) is 6. The summed E-state index contributed by atoms with van der Waals surface area (Å²) < 4.78 is 1.62. The van der Waals surface area contributed by atoms with Crippen LogP contribution in [-0.2, 0) is 4.79 Å². The molecule has 166 valence electrons. The second kappa shape index (κ2) is 9.71. The monoisotopic (exact) mass is 433 g/mol. The van der Waals surface area contributed by atoms with Crippen molar-refractivity contribution in [1.29, 1.82) is 0 Å². The number of benzene rings is 2. The van der Waals surface area contributed by atoms with Gasteiger partial charge in [-0.15, -0.1) is 5.10 Å². The number of para-hydroxylation sites is 1. The summed E-state index contributed by atoms with van der Waals surface area (Å²) in [6, 6.07) is 18.8. The van der Waals surface area contributed by atoms with E-state index in [4.69, 9.17) is 0 Å². The van der Waals surface area contributed by atoms with E-state index in [0.717, 1.165) is 17.7 Å². The minimum Gasteiger partial charge on any atom is -0.271 e. The lowest BCUT2D eigenvalue weighted by Gasteiger charge is -2.11. The van der Waals surface area contributed by atoms with Crippen molar-refractivity contribution in [3.05, 3.63) is 66.5 Å². The normalized spacial score (nSPS) is 18.0. The van der Waals surface area contributed by atoms with Gasteiger partial charge in [0.15, 0.2) is 5.82 Å². The Bertz CT molecular complexity index is 1010. The molecule has 1 saturated heterocycles. The van der Waals surface area contributed by atoms with Gasteiger partial charge in [-0.2, -0.15) is 0 Å². The van der Waals surface area contributed by atoms with Crippen LogP contribution in [-0.4, -0.2) is 38.7 Å². The first-order chi connectivity index (χ1) is 15.5. The fourth-order valence-electron chi connectivity index (χ4n) is 3.71. The van der Waals surface area contributed by atoms with Crippen LogP contribution in [0.3, 0.4) is 0 Å². The van der Waals surface area contributed by atoms with E-state index in [2.05, 4.69) is 45.6 Å². The number of rotatable bonds is 6. The molecule has 32 heavy (non-hydrogen) atoms. The summed E-state index contributed by atoms with van der Waals surface area (Å²) in [5.41, 5.74) is 12.6. The summed E-state index contributed by atoms with van der Waals surface area (Å²) in [7, 11) is 0. The summed E-state index contributed by atoms with van der Waals surface area (Å²) >= 11 is 0. The Kier molecular flexibility index (Phi) is 6.58. The molecule has 0 aliphatic carbocycles. The van der Waals surface area contributed by atoms with Gasteiger partial charge in [-0.1, -0.05) is 62.4 Å². The smallest absolute Gasteiger partial charge is 0.271 e. The molecule has 3 aromatic rings. The first-order valence-electron chi connectivity index (χ1n) is 10.7. The number of nitrogens with zero attached hydrogens (tertiary/aromatic N) is 3. The van der Waals surface area contributed by atoms with Gasteiger partial charge in [0.25, 0.3) is 5.91 Å². The average Bonchev–Trinajstić information content (AvgIpc) is 3.46. The van der Waals surface area contributed by atoms with Crippen LogP contribution in [0.4, 0.5) is 0 Å². The molecule has 4 N–H and O–H groups in total. The number of carbonyl (C=O) groups is 2. The van der Waals surface area contributed by atoms with Gasteiger partial charge in [-0.05, 0) is 30.9 Å². The maximum absolute atomic E-state index is 12.7. The number of hydrogen-bond donors (Lipinski definition) is 4. The molecule has 1 aliphatic rings. The maximum Gasteiger partial charge on any atom is 0.309 e. The summed E-state index contributed by atoms with van der Waals surface area (Å²) in [4.78, 5) is 29.6. The zero-order chi connectivity index (χ0) is 22.5. The topological polar surface area (TPSA) is 113 Å². The summed E-state index contributed by atoms with van der Waals surface area (Å²) in [6.45, 7) is 4.28. The minimum atomic E-state index is -0.588. The van der Waals surface area contributed by atoms with E-state index in [1.807, 2.05) is 60.7 Å². The van der Waals surface area contributed by atoms with Crippen molar-refractivity contribution in [2.75, 3.05) is 0 Å². The highest BCUT2D eigenvalue weighted by molar-refractivity contribution is 5.93. The van der Waals surface area contributed by atoms with E-state index in [9.17, 15) is 9.59 Å². The van der Waals surface area contributed by atoms with Crippen molar-refractivity contribution in [2.45, 2.75) is 38.8 Å². The predicted octanol–water partition coefficient (Wildman–Crippen LogP) is 1.98. The summed E-state index contributed by atoms with van der Waals surface area (Å²) in [5, 5.41) is 4.39. The van der Waals surface area contributed by atoms with Gasteiger partial charge in [-0.3, -0.25) is 25.9 Å². The van der Waals surface area contributed by atoms with Crippen molar-refractivity contribution < 1.29 is 9.59 Å². The molecule has 0 bridgehead atoms. The minimum absolute atomic E-state index is 0.0387. The van der Waals surface area contributed by atoms with Gasteiger partial charge in [0, 0.05) is 11.6 Å². The number of nitrogens with one attached hydrogen (secondary N) is 4. The van der Waals surface area contributed by atoms with E-state index >= 15 is 0 Å². The lowest BCUT2D eigenvalue weighted by molar-refractivity contribution is -0.123.